The first-order valence-electron chi connectivity index (χ1n) is 9.28. The van der Waals surface area contributed by atoms with Gasteiger partial charge in [0, 0.05) is 16.3 Å². The number of amides is 1. The predicted octanol–water partition coefficient (Wildman–Crippen LogP) is 5.60. The minimum atomic E-state index is -0.463. The fourth-order valence-corrected chi connectivity index (χ4v) is 3.22. The highest BCUT2D eigenvalue weighted by molar-refractivity contribution is 6.31. The number of carbonyl (C=O) groups excluding carboxylic acids is 1. The third-order valence-corrected chi connectivity index (χ3v) is 4.84. The maximum absolute atomic E-state index is 13.4. The lowest BCUT2D eigenvalue weighted by Crippen LogP contribution is -2.15. The van der Waals surface area contributed by atoms with Crippen molar-refractivity contribution >= 4 is 23.2 Å². The minimum Gasteiger partial charge on any atom is -0.319 e. The average molecular weight is 421 g/mol. The second kappa shape index (κ2) is 8.08. The van der Waals surface area contributed by atoms with Crippen LogP contribution in [0.1, 0.15) is 21.7 Å². The van der Waals surface area contributed by atoms with Crippen LogP contribution in [0, 0.1) is 19.7 Å². The summed E-state index contributed by atoms with van der Waals surface area (Å²) >= 11 is 6.05. The summed E-state index contributed by atoms with van der Waals surface area (Å²) in [6.07, 6.45) is 0. The first-order valence-corrected chi connectivity index (χ1v) is 9.66. The van der Waals surface area contributed by atoms with E-state index in [0.29, 0.717) is 22.2 Å². The zero-order valence-corrected chi connectivity index (χ0v) is 17.1. The van der Waals surface area contributed by atoms with Crippen LogP contribution < -0.4 is 5.32 Å². The molecule has 3 aromatic carbocycles. The predicted molar refractivity (Wildman–Crippen MR) is 116 cm³/mol. The van der Waals surface area contributed by atoms with E-state index in [2.05, 4.69) is 15.4 Å². The molecule has 0 aliphatic heterocycles. The van der Waals surface area contributed by atoms with Gasteiger partial charge in [-0.15, -0.1) is 5.10 Å². The molecule has 0 aliphatic rings. The summed E-state index contributed by atoms with van der Waals surface area (Å²) in [4.78, 5) is 17.4. The molecular formula is C23H18ClFN4O. The van der Waals surface area contributed by atoms with Crippen molar-refractivity contribution in [2.75, 3.05) is 5.32 Å². The lowest BCUT2D eigenvalue weighted by Gasteiger charge is -2.07. The van der Waals surface area contributed by atoms with Crippen molar-refractivity contribution < 1.29 is 9.18 Å². The van der Waals surface area contributed by atoms with Crippen LogP contribution in [0.5, 0.6) is 0 Å². The molecule has 7 heteroatoms. The topological polar surface area (TPSA) is 59.8 Å². The van der Waals surface area contributed by atoms with Gasteiger partial charge in [0.25, 0.3) is 5.91 Å². The fourth-order valence-electron chi connectivity index (χ4n) is 3.05. The molecule has 0 bridgehead atoms. The summed E-state index contributed by atoms with van der Waals surface area (Å²) in [6.45, 7) is 3.84. The second-order valence-corrected chi connectivity index (χ2v) is 7.37. The van der Waals surface area contributed by atoms with Gasteiger partial charge in [0.2, 0.25) is 5.82 Å². The molecule has 0 radical (unpaired) electrons. The van der Waals surface area contributed by atoms with Gasteiger partial charge in [-0.3, -0.25) is 4.79 Å². The van der Waals surface area contributed by atoms with E-state index >= 15 is 0 Å². The Morgan fingerprint density at radius 3 is 2.53 bits per heavy atom. The SMILES string of the molecule is Cc1cccc(-c2nc(C(=O)Nc3cc(Cl)ccc3C)nn2-c2ccc(F)cc2)c1. The van der Waals surface area contributed by atoms with Gasteiger partial charge in [-0.25, -0.2) is 14.1 Å². The quantitative estimate of drug-likeness (QED) is 0.467. The monoisotopic (exact) mass is 420 g/mol. The summed E-state index contributed by atoms with van der Waals surface area (Å²) in [5, 5.41) is 7.73. The Labute approximate surface area is 178 Å². The smallest absolute Gasteiger partial charge is 0.295 e. The molecule has 1 aromatic heterocycles. The van der Waals surface area contributed by atoms with Crippen LogP contribution in [0.3, 0.4) is 0 Å². The zero-order chi connectivity index (χ0) is 21.3. The van der Waals surface area contributed by atoms with Crippen molar-refractivity contribution in [2.24, 2.45) is 0 Å². The Kier molecular flexibility index (Phi) is 5.33. The fraction of sp³-hybridized carbons (Fsp3) is 0.0870. The Hall–Kier alpha value is -3.51. The molecule has 0 saturated carbocycles. The van der Waals surface area contributed by atoms with Crippen LogP contribution in [0.25, 0.3) is 17.1 Å². The Morgan fingerprint density at radius 2 is 1.80 bits per heavy atom. The van der Waals surface area contributed by atoms with E-state index in [4.69, 9.17) is 11.6 Å². The van der Waals surface area contributed by atoms with Gasteiger partial charge in [0.1, 0.15) is 5.82 Å². The Bertz CT molecular complexity index is 1230. The summed E-state index contributed by atoms with van der Waals surface area (Å²) in [6, 6.07) is 18.8. The van der Waals surface area contributed by atoms with Crippen molar-refractivity contribution in [3.8, 4) is 17.1 Å². The number of benzene rings is 3. The number of halogens is 2. The van der Waals surface area contributed by atoms with Crippen LogP contribution >= 0.6 is 11.6 Å². The third kappa shape index (κ3) is 4.09. The zero-order valence-electron chi connectivity index (χ0n) is 16.4. The Morgan fingerprint density at radius 1 is 1.03 bits per heavy atom. The summed E-state index contributed by atoms with van der Waals surface area (Å²) in [7, 11) is 0. The van der Waals surface area contributed by atoms with E-state index in [1.807, 2.05) is 44.2 Å². The van der Waals surface area contributed by atoms with Crippen molar-refractivity contribution in [1.82, 2.24) is 14.8 Å². The molecule has 0 atom stereocenters. The van der Waals surface area contributed by atoms with Crippen LogP contribution in [-0.2, 0) is 0 Å². The number of nitrogens with zero attached hydrogens (tertiary/aromatic N) is 3. The van der Waals surface area contributed by atoms with Crippen molar-refractivity contribution in [1.29, 1.82) is 0 Å². The number of anilines is 1. The van der Waals surface area contributed by atoms with E-state index in [-0.39, 0.29) is 11.6 Å². The van der Waals surface area contributed by atoms with Crippen LogP contribution in [0.15, 0.2) is 66.7 Å². The number of aryl methyl sites for hydroxylation is 2. The normalized spacial score (nSPS) is 10.8. The van der Waals surface area contributed by atoms with E-state index < -0.39 is 5.91 Å². The molecule has 1 N–H and O–H groups in total. The largest absolute Gasteiger partial charge is 0.319 e. The second-order valence-electron chi connectivity index (χ2n) is 6.93. The van der Waals surface area contributed by atoms with Crippen molar-refractivity contribution in [3.63, 3.8) is 0 Å². The van der Waals surface area contributed by atoms with Crippen molar-refractivity contribution in [2.45, 2.75) is 13.8 Å². The number of hydrogen-bond acceptors (Lipinski definition) is 3. The third-order valence-electron chi connectivity index (χ3n) is 4.61. The van der Waals surface area contributed by atoms with E-state index in [9.17, 15) is 9.18 Å². The maximum Gasteiger partial charge on any atom is 0.295 e. The molecule has 4 aromatic rings. The highest BCUT2D eigenvalue weighted by Gasteiger charge is 2.19. The number of hydrogen-bond donors (Lipinski definition) is 1. The summed E-state index contributed by atoms with van der Waals surface area (Å²) in [5.41, 5.74) is 3.89. The van der Waals surface area contributed by atoms with Gasteiger partial charge in [0.15, 0.2) is 5.82 Å². The van der Waals surface area contributed by atoms with Gasteiger partial charge in [-0.2, -0.15) is 0 Å². The molecule has 0 fully saturated rings. The molecule has 1 heterocycles. The minimum absolute atomic E-state index is 0.00444. The van der Waals surface area contributed by atoms with Crippen LogP contribution in [-0.4, -0.2) is 20.7 Å². The van der Waals surface area contributed by atoms with Crippen LogP contribution in [0.4, 0.5) is 10.1 Å². The molecule has 150 valence electrons. The molecular weight excluding hydrogens is 403 g/mol. The van der Waals surface area contributed by atoms with E-state index in [1.165, 1.54) is 16.8 Å². The Balaban J connectivity index is 1.77. The molecule has 0 spiro atoms. The molecule has 5 nitrogen and oxygen atoms in total. The van der Waals surface area contributed by atoms with Crippen molar-refractivity contribution in [3.05, 3.63) is 94.5 Å². The molecule has 0 saturated heterocycles. The van der Waals surface area contributed by atoms with Gasteiger partial charge in [-0.1, -0.05) is 41.4 Å². The van der Waals surface area contributed by atoms with Gasteiger partial charge in [-0.05, 0) is 61.9 Å². The van der Waals surface area contributed by atoms with Gasteiger partial charge in [0.05, 0.1) is 5.69 Å². The lowest BCUT2D eigenvalue weighted by atomic mass is 10.1. The highest BCUT2D eigenvalue weighted by atomic mass is 35.5. The maximum atomic E-state index is 13.4. The number of rotatable bonds is 4. The number of nitrogens with one attached hydrogen (secondary N) is 1. The van der Waals surface area contributed by atoms with Gasteiger partial charge >= 0.3 is 0 Å². The summed E-state index contributed by atoms with van der Waals surface area (Å²) in [5.74, 6) is -0.339. The molecule has 30 heavy (non-hydrogen) atoms. The molecule has 1 amide bonds. The highest BCUT2D eigenvalue weighted by Crippen LogP contribution is 2.24. The standard InChI is InChI=1S/C23H18ClFN4O/c1-14-4-3-5-16(12-14)22-27-21(28-29(22)19-10-8-18(25)9-11-19)23(30)26-20-13-17(24)7-6-15(20)2/h3-13H,1-2H3,(H,26,30). The van der Waals surface area contributed by atoms with E-state index in [0.717, 1.165) is 16.7 Å². The number of carbonyl (C=O) groups is 1. The molecule has 0 aliphatic carbocycles. The molecule has 4 rings (SSSR count). The first-order chi connectivity index (χ1) is 14.4. The van der Waals surface area contributed by atoms with Gasteiger partial charge < -0.3 is 5.32 Å². The number of aromatic nitrogens is 3. The summed E-state index contributed by atoms with van der Waals surface area (Å²) < 4.78 is 14.9. The average Bonchev–Trinajstić information content (AvgIpc) is 3.17. The van der Waals surface area contributed by atoms with Crippen LogP contribution in [0.2, 0.25) is 5.02 Å². The molecule has 0 unspecified atom stereocenters. The first kappa shape index (κ1) is 19.8. The van der Waals surface area contributed by atoms with E-state index in [1.54, 1.807) is 24.3 Å². The lowest BCUT2D eigenvalue weighted by molar-refractivity contribution is 0.101.